The lowest BCUT2D eigenvalue weighted by atomic mass is 10.1. The first-order valence-electron chi connectivity index (χ1n) is 7.22. The number of nitrogens with two attached hydrogens (primary N) is 1. The molecule has 0 aliphatic heterocycles. The molecule has 0 amide bonds. The Labute approximate surface area is 127 Å². The lowest BCUT2D eigenvalue weighted by Crippen LogP contribution is -2.02. The van der Waals surface area contributed by atoms with Gasteiger partial charge in [0.2, 0.25) is 11.8 Å². The van der Waals surface area contributed by atoms with Gasteiger partial charge in [0.1, 0.15) is 0 Å². The van der Waals surface area contributed by atoms with Gasteiger partial charge in [-0.05, 0) is 31.4 Å². The number of hydrogen-bond acceptors (Lipinski definition) is 5. The molecule has 6 nitrogen and oxygen atoms in total. The molecule has 2 heterocycles. The molecule has 6 heteroatoms. The van der Waals surface area contributed by atoms with Crippen molar-refractivity contribution in [2.45, 2.75) is 19.3 Å². The molecule has 2 aromatic heterocycles. The van der Waals surface area contributed by atoms with Crippen molar-refractivity contribution in [3.8, 4) is 22.8 Å². The van der Waals surface area contributed by atoms with Crippen LogP contribution in [0.4, 0.5) is 5.95 Å². The van der Waals surface area contributed by atoms with Gasteiger partial charge in [-0.3, -0.25) is 0 Å². The summed E-state index contributed by atoms with van der Waals surface area (Å²) in [5.74, 6) is 0.0550. The average Bonchev–Trinajstić information content (AvgIpc) is 2.85. The largest absolute Gasteiger partial charge is 0.493 e. The van der Waals surface area contributed by atoms with Crippen molar-refractivity contribution < 1.29 is 5.11 Å². The van der Waals surface area contributed by atoms with Gasteiger partial charge in [0.05, 0.1) is 23.3 Å². The number of hydrogen-bond donors (Lipinski definition) is 2. The van der Waals surface area contributed by atoms with E-state index >= 15 is 0 Å². The molecular formula is C16H15N5O. The molecule has 0 spiro atoms. The van der Waals surface area contributed by atoms with Crippen LogP contribution < -0.4 is 5.73 Å². The SMILES string of the molecule is Nc1nc(O)c2c(n1)-c1cnn(-c3ccccc3)c1CCC2. The maximum Gasteiger partial charge on any atom is 0.223 e. The van der Waals surface area contributed by atoms with Crippen LogP contribution in [0.3, 0.4) is 0 Å². The molecule has 0 atom stereocenters. The highest BCUT2D eigenvalue weighted by molar-refractivity contribution is 5.69. The summed E-state index contributed by atoms with van der Waals surface area (Å²) in [6.45, 7) is 0. The second-order valence-corrected chi connectivity index (χ2v) is 5.34. The molecule has 4 rings (SSSR count). The zero-order valence-electron chi connectivity index (χ0n) is 11.9. The van der Waals surface area contributed by atoms with E-state index in [-0.39, 0.29) is 11.8 Å². The number of benzene rings is 1. The van der Waals surface area contributed by atoms with Gasteiger partial charge in [-0.1, -0.05) is 18.2 Å². The van der Waals surface area contributed by atoms with E-state index in [1.807, 2.05) is 35.0 Å². The molecule has 1 aliphatic carbocycles. The number of nitrogen functional groups attached to an aromatic ring is 1. The van der Waals surface area contributed by atoms with Gasteiger partial charge in [0.15, 0.2) is 0 Å². The van der Waals surface area contributed by atoms with Crippen molar-refractivity contribution in [2.24, 2.45) is 0 Å². The summed E-state index contributed by atoms with van der Waals surface area (Å²) in [4.78, 5) is 8.20. The van der Waals surface area contributed by atoms with E-state index in [4.69, 9.17) is 5.73 Å². The van der Waals surface area contributed by atoms with E-state index in [0.29, 0.717) is 5.69 Å². The summed E-state index contributed by atoms with van der Waals surface area (Å²) in [7, 11) is 0. The lowest BCUT2D eigenvalue weighted by Gasteiger charge is -2.08. The van der Waals surface area contributed by atoms with Crippen LogP contribution in [0.1, 0.15) is 17.7 Å². The summed E-state index contributed by atoms with van der Waals surface area (Å²) in [6, 6.07) is 9.99. The van der Waals surface area contributed by atoms with Crippen LogP contribution in [-0.4, -0.2) is 24.9 Å². The van der Waals surface area contributed by atoms with Crippen LogP contribution in [0.2, 0.25) is 0 Å². The first-order chi connectivity index (χ1) is 10.7. The van der Waals surface area contributed by atoms with Crippen LogP contribution in [0.15, 0.2) is 36.5 Å². The van der Waals surface area contributed by atoms with Crippen LogP contribution >= 0.6 is 0 Å². The van der Waals surface area contributed by atoms with Crippen molar-refractivity contribution in [3.63, 3.8) is 0 Å². The summed E-state index contributed by atoms with van der Waals surface area (Å²) in [5, 5.41) is 14.6. The maximum atomic E-state index is 10.1. The van der Waals surface area contributed by atoms with Gasteiger partial charge in [-0.25, -0.2) is 9.67 Å². The first kappa shape index (κ1) is 12.8. The summed E-state index contributed by atoms with van der Waals surface area (Å²) >= 11 is 0. The van der Waals surface area contributed by atoms with Gasteiger partial charge in [0.25, 0.3) is 0 Å². The third-order valence-electron chi connectivity index (χ3n) is 3.97. The molecule has 0 fully saturated rings. The van der Waals surface area contributed by atoms with Crippen LogP contribution in [0.25, 0.3) is 16.9 Å². The molecule has 110 valence electrons. The molecule has 0 bridgehead atoms. The van der Waals surface area contributed by atoms with E-state index in [1.54, 1.807) is 6.20 Å². The summed E-state index contributed by atoms with van der Waals surface area (Å²) in [5.41, 5.74) is 10.2. The van der Waals surface area contributed by atoms with E-state index < -0.39 is 0 Å². The fourth-order valence-electron chi connectivity index (χ4n) is 2.98. The molecule has 1 aliphatic rings. The molecule has 3 N–H and O–H groups in total. The topological polar surface area (TPSA) is 89.8 Å². The highest BCUT2D eigenvalue weighted by atomic mass is 16.3. The molecule has 22 heavy (non-hydrogen) atoms. The number of aromatic hydroxyl groups is 1. The van der Waals surface area contributed by atoms with Crippen LogP contribution in [-0.2, 0) is 12.8 Å². The Kier molecular flexibility index (Phi) is 2.82. The Morgan fingerprint density at radius 1 is 1.09 bits per heavy atom. The average molecular weight is 293 g/mol. The molecule has 0 unspecified atom stereocenters. The van der Waals surface area contributed by atoms with Gasteiger partial charge in [-0.15, -0.1) is 0 Å². The van der Waals surface area contributed by atoms with E-state index in [2.05, 4.69) is 15.1 Å². The maximum absolute atomic E-state index is 10.1. The summed E-state index contributed by atoms with van der Waals surface area (Å²) < 4.78 is 1.93. The lowest BCUT2D eigenvalue weighted by molar-refractivity contribution is 0.445. The van der Waals surface area contributed by atoms with E-state index in [1.165, 1.54) is 0 Å². The number of rotatable bonds is 1. The summed E-state index contributed by atoms with van der Waals surface area (Å²) in [6.07, 6.45) is 4.28. The number of fused-ring (bicyclic) bond motifs is 3. The Hall–Kier alpha value is -2.89. The zero-order chi connectivity index (χ0) is 15.1. The third kappa shape index (κ3) is 1.92. The third-order valence-corrected chi connectivity index (χ3v) is 3.97. The fraction of sp³-hybridized carbons (Fsp3) is 0.188. The van der Waals surface area contributed by atoms with Crippen molar-refractivity contribution in [1.29, 1.82) is 0 Å². The minimum Gasteiger partial charge on any atom is -0.493 e. The minimum absolute atomic E-state index is 0.0252. The van der Waals surface area contributed by atoms with Gasteiger partial charge in [0, 0.05) is 11.1 Å². The molecule has 0 saturated carbocycles. The predicted octanol–water partition coefficient (Wildman–Crippen LogP) is 2.11. The number of para-hydroxylation sites is 1. The second kappa shape index (κ2) is 4.84. The fourth-order valence-corrected chi connectivity index (χ4v) is 2.98. The Morgan fingerprint density at radius 3 is 2.73 bits per heavy atom. The first-order valence-corrected chi connectivity index (χ1v) is 7.22. The van der Waals surface area contributed by atoms with E-state index in [9.17, 15) is 5.11 Å². The van der Waals surface area contributed by atoms with Crippen molar-refractivity contribution in [3.05, 3.63) is 47.8 Å². The van der Waals surface area contributed by atoms with Crippen molar-refractivity contribution >= 4 is 5.95 Å². The van der Waals surface area contributed by atoms with Gasteiger partial charge < -0.3 is 10.8 Å². The smallest absolute Gasteiger partial charge is 0.223 e. The minimum atomic E-state index is -0.0252. The second-order valence-electron chi connectivity index (χ2n) is 5.34. The number of anilines is 1. The number of nitrogens with zero attached hydrogens (tertiary/aromatic N) is 4. The Bertz CT molecular complexity index is 841. The molecule has 0 saturated heterocycles. The molecule has 1 aromatic carbocycles. The predicted molar refractivity (Wildman–Crippen MR) is 82.7 cm³/mol. The Balaban J connectivity index is 1.94. The normalized spacial score (nSPS) is 13.3. The van der Waals surface area contributed by atoms with Crippen LogP contribution in [0.5, 0.6) is 5.88 Å². The van der Waals surface area contributed by atoms with Crippen molar-refractivity contribution in [2.75, 3.05) is 5.73 Å². The quantitative estimate of drug-likeness (QED) is 0.717. The standard InChI is InChI=1S/C16H15N5O/c17-16-19-14-11(15(22)20-16)7-4-8-13-12(14)9-18-21(13)10-5-2-1-3-6-10/h1-3,5-6,9H,4,7-8H2,(H3,17,19,20,22). The molecule has 3 aromatic rings. The van der Waals surface area contributed by atoms with Gasteiger partial charge in [-0.2, -0.15) is 10.1 Å². The zero-order valence-corrected chi connectivity index (χ0v) is 11.9. The molecular weight excluding hydrogens is 278 g/mol. The molecule has 0 radical (unpaired) electrons. The van der Waals surface area contributed by atoms with Crippen molar-refractivity contribution in [1.82, 2.24) is 19.7 Å². The van der Waals surface area contributed by atoms with Gasteiger partial charge >= 0.3 is 0 Å². The van der Waals surface area contributed by atoms with E-state index in [0.717, 1.165) is 41.8 Å². The highest BCUT2D eigenvalue weighted by Gasteiger charge is 2.24. The number of aromatic nitrogens is 4. The highest BCUT2D eigenvalue weighted by Crippen LogP contribution is 2.35. The monoisotopic (exact) mass is 293 g/mol. The van der Waals surface area contributed by atoms with Crippen LogP contribution in [0, 0.1) is 0 Å². The Morgan fingerprint density at radius 2 is 1.91 bits per heavy atom.